The fourth-order valence-electron chi connectivity index (χ4n) is 9.31. The number of rotatable bonds is 19. The number of amides is 1. The molecule has 2 aliphatic rings. The minimum Gasteiger partial charge on any atom is -0.506 e. The van der Waals surface area contributed by atoms with Gasteiger partial charge in [0, 0.05) is 57.6 Å². The first-order valence-corrected chi connectivity index (χ1v) is 27.6. The SMILES string of the molecule is CN(CCCn1nnc2cc(CNC[C@H](O[Si](C)(C)C(C)(C)C)c3ccc(O)c4[nH]c(=O)ccc34)ccc21)C(=O)CCN1CCC2(CC1)CC(OC(C(=O)O)(c1cccs1)c1cccs1)C2. The van der Waals surface area contributed by atoms with Crippen molar-refractivity contribution in [3.63, 3.8) is 0 Å². The Bertz CT molecular complexity index is 2650. The number of hydrogen-bond acceptors (Lipinski definition) is 12. The third-order valence-electron chi connectivity index (χ3n) is 14.3. The number of likely N-dealkylation sites (tertiary alicyclic amines) is 1. The van der Waals surface area contributed by atoms with Crippen molar-refractivity contribution in [2.24, 2.45) is 5.41 Å². The first kappa shape index (κ1) is 47.7. The number of aliphatic carboxylic acids is 1. The maximum Gasteiger partial charge on any atom is 0.347 e. The summed E-state index contributed by atoms with van der Waals surface area (Å²) in [5.41, 5.74) is 2.53. The van der Waals surface area contributed by atoms with Crippen molar-refractivity contribution >= 4 is 64.8 Å². The summed E-state index contributed by atoms with van der Waals surface area (Å²) in [7, 11) is -0.349. The van der Waals surface area contributed by atoms with Crippen LogP contribution >= 0.6 is 22.7 Å². The molecular formula is C49H63N7O7S2Si. The van der Waals surface area contributed by atoms with Gasteiger partial charge in [-0.25, -0.2) is 9.48 Å². The number of phenolic OH excluding ortho intramolecular Hbond substituents is 1. The number of thiophene rings is 2. The zero-order valence-corrected chi connectivity index (χ0v) is 41.5. The van der Waals surface area contributed by atoms with E-state index in [0.29, 0.717) is 47.9 Å². The molecule has 2 aromatic carbocycles. The summed E-state index contributed by atoms with van der Waals surface area (Å²) in [5, 5.41) is 38.1. The van der Waals surface area contributed by atoms with E-state index in [-0.39, 0.29) is 39.9 Å². The van der Waals surface area contributed by atoms with Gasteiger partial charge in [0.25, 0.3) is 0 Å². The number of aryl methyl sites for hydroxylation is 1. The Kier molecular flexibility index (Phi) is 14.1. The molecule has 2 fully saturated rings. The van der Waals surface area contributed by atoms with E-state index in [1.54, 1.807) is 12.1 Å². The molecule has 66 heavy (non-hydrogen) atoms. The van der Waals surface area contributed by atoms with Crippen LogP contribution in [0.5, 0.6) is 5.75 Å². The summed E-state index contributed by atoms with van der Waals surface area (Å²) < 4.78 is 15.4. The largest absolute Gasteiger partial charge is 0.506 e. The molecule has 17 heteroatoms. The molecule has 6 aromatic rings. The smallest absolute Gasteiger partial charge is 0.347 e. The van der Waals surface area contributed by atoms with Gasteiger partial charge in [0.1, 0.15) is 11.3 Å². The number of nitrogens with one attached hydrogen (secondary N) is 2. The quantitative estimate of drug-likeness (QED) is 0.0574. The maximum atomic E-state index is 13.2. The van der Waals surface area contributed by atoms with Crippen LogP contribution in [0.4, 0.5) is 0 Å². The number of phenols is 1. The number of nitrogens with zero attached hydrogens (tertiary/aromatic N) is 5. The van der Waals surface area contributed by atoms with E-state index in [1.807, 2.05) is 69.9 Å². The predicted octanol–water partition coefficient (Wildman–Crippen LogP) is 8.48. The van der Waals surface area contributed by atoms with Crippen molar-refractivity contribution in [1.82, 2.24) is 35.1 Å². The van der Waals surface area contributed by atoms with E-state index >= 15 is 0 Å². The van der Waals surface area contributed by atoms with Gasteiger partial charge in [-0.2, -0.15) is 0 Å². The zero-order valence-electron chi connectivity index (χ0n) is 38.8. The Labute approximate surface area is 395 Å². The monoisotopic (exact) mass is 953 g/mol. The zero-order chi connectivity index (χ0) is 46.9. The van der Waals surface area contributed by atoms with Crippen LogP contribution < -0.4 is 10.9 Å². The van der Waals surface area contributed by atoms with Crippen LogP contribution in [0, 0.1) is 5.41 Å². The van der Waals surface area contributed by atoms with E-state index in [4.69, 9.17) is 9.16 Å². The molecule has 5 heterocycles. The number of piperidine rings is 1. The molecule has 1 atom stereocenters. The van der Waals surface area contributed by atoms with Crippen molar-refractivity contribution in [1.29, 1.82) is 0 Å². The van der Waals surface area contributed by atoms with E-state index in [9.17, 15) is 24.6 Å². The molecule has 1 aliphatic heterocycles. The number of aromatic nitrogens is 4. The van der Waals surface area contributed by atoms with Crippen LogP contribution in [0.15, 0.2) is 82.3 Å². The Morgan fingerprint density at radius 3 is 2.38 bits per heavy atom. The van der Waals surface area contributed by atoms with Crippen LogP contribution in [-0.4, -0.2) is 106 Å². The van der Waals surface area contributed by atoms with Gasteiger partial charge >= 0.3 is 5.97 Å². The number of H-pyrrole nitrogens is 1. The number of hydrogen-bond donors (Lipinski definition) is 4. The highest BCUT2D eigenvalue weighted by molar-refractivity contribution is 7.12. The van der Waals surface area contributed by atoms with Crippen LogP contribution in [0.3, 0.4) is 0 Å². The number of aromatic amines is 1. The molecule has 1 saturated heterocycles. The highest BCUT2D eigenvalue weighted by Crippen LogP contribution is 2.53. The molecule has 1 spiro atoms. The summed E-state index contributed by atoms with van der Waals surface area (Å²) >= 11 is 2.84. The standard InChI is InChI=1S/C49H63N7O7S2Si/c1-47(2,3)66(5,6)63-40(35-13-16-39(57)45-36(35)14-17-43(58)51-45)32-50-31-33-12-15-38-37(28-33)52-53-56(38)22-9-21-54(4)44(59)18-23-55-24-19-48(20-25-55)29-34(30-48)62-49(46(60)61,41-10-7-26-64-41)42-11-8-27-65-42/h7-8,10-17,26-28,34,40,50,57H,9,18-25,29-32H2,1-6H3,(H,51,58)(H,60,61)/t40-/m0/s1. The van der Waals surface area contributed by atoms with Gasteiger partial charge in [0.05, 0.1) is 33.0 Å². The number of pyridine rings is 1. The first-order valence-electron chi connectivity index (χ1n) is 23.0. The minimum atomic E-state index is -2.22. The summed E-state index contributed by atoms with van der Waals surface area (Å²) in [4.78, 5) is 46.6. The molecule has 4 N–H and O–H groups in total. The predicted molar refractivity (Wildman–Crippen MR) is 263 cm³/mol. The highest BCUT2D eigenvalue weighted by Gasteiger charge is 2.53. The van der Waals surface area contributed by atoms with Crippen LogP contribution in [-0.2, 0) is 37.4 Å². The lowest BCUT2D eigenvalue weighted by Gasteiger charge is -2.53. The van der Waals surface area contributed by atoms with Crippen molar-refractivity contribution in [3.05, 3.63) is 109 Å². The van der Waals surface area contributed by atoms with Gasteiger partial charge in [-0.3, -0.25) is 9.59 Å². The number of carboxylic acid groups (broad SMARTS) is 1. The number of carbonyl (C=O) groups is 2. The Morgan fingerprint density at radius 1 is 1.02 bits per heavy atom. The normalized spacial score (nSPS) is 16.5. The number of carboxylic acids is 1. The van der Waals surface area contributed by atoms with Crippen molar-refractivity contribution < 1.29 is 29.0 Å². The molecular weight excluding hydrogens is 891 g/mol. The lowest BCUT2D eigenvalue weighted by atomic mass is 9.61. The lowest BCUT2D eigenvalue weighted by molar-refractivity contribution is -0.190. The average Bonchev–Trinajstić information content (AvgIpc) is 4.08. The van der Waals surface area contributed by atoms with Gasteiger partial charge < -0.3 is 39.5 Å². The Hall–Kier alpha value is -4.75. The van der Waals surface area contributed by atoms with E-state index in [2.05, 4.69) is 65.4 Å². The molecule has 352 valence electrons. The maximum absolute atomic E-state index is 13.2. The minimum absolute atomic E-state index is 0.0235. The second-order valence-corrected chi connectivity index (χ2v) is 26.4. The molecule has 1 aliphatic carbocycles. The molecule has 14 nitrogen and oxygen atoms in total. The number of benzene rings is 2. The number of aromatic hydroxyl groups is 1. The molecule has 0 unspecified atom stereocenters. The topological polar surface area (TPSA) is 175 Å². The summed E-state index contributed by atoms with van der Waals surface area (Å²) in [6, 6.07) is 20.4. The highest BCUT2D eigenvalue weighted by atomic mass is 32.1. The van der Waals surface area contributed by atoms with Gasteiger partial charge in [-0.15, -0.1) is 27.8 Å². The third-order valence-corrected chi connectivity index (χ3v) is 20.7. The Balaban J connectivity index is 0.781. The van der Waals surface area contributed by atoms with Gasteiger partial charge in [-0.1, -0.05) is 50.3 Å². The third kappa shape index (κ3) is 10.1. The number of ether oxygens (including phenoxy) is 1. The van der Waals surface area contributed by atoms with Crippen molar-refractivity contribution in [2.45, 2.75) is 108 Å². The second-order valence-electron chi connectivity index (χ2n) is 19.8. The van der Waals surface area contributed by atoms with E-state index in [0.717, 1.165) is 79.3 Å². The van der Waals surface area contributed by atoms with Gasteiger partial charge in [0.15, 0.2) is 8.32 Å². The first-order chi connectivity index (χ1) is 31.5. The second kappa shape index (κ2) is 19.5. The fourth-order valence-corrected chi connectivity index (χ4v) is 12.4. The molecule has 0 bridgehead atoms. The van der Waals surface area contributed by atoms with E-state index in [1.165, 1.54) is 28.7 Å². The average molecular weight is 954 g/mol. The molecule has 4 aromatic heterocycles. The van der Waals surface area contributed by atoms with Crippen LogP contribution in [0.25, 0.3) is 21.9 Å². The molecule has 8 rings (SSSR count). The lowest BCUT2D eigenvalue weighted by Crippen LogP contribution is -2.53. The van der Waals surface area contributed by atoms with Gasteiger partial charge in [0.2, 0.25) is 17.1 Å². The number of carbonyl (C=O) groups excluding carboxylic acids is 1. The fraction of sp³-hybridized carbons (Fsp3) is 0.490. The molecule has 1 amide bonds. The molecule has 0 radical (unpaired) electrons. The van der Waals surface area contributed by atoms with Crippen LogP contribution in [0.2, 0.25) is 18.1 Å². The summed E-state index contributed by atoms with van der Waals surface area (Å²) in [6.07, 6.45) is 4.54. The van der Waals surface area contributed by atoms with Crippen molar-refractivity contribution in [2.75, 3.05) is 39.8 Å². The summed E-state index contributed by atoms with van der Waals surface area (Å²) in [5.74, 6) is -0.816. The molecule has 1 saturated carbocycles. The number of fused-ring (bicyclic) bond motifs is 2. The van der Waals surface area contributed by atoms with Crippen molar-refractivity contribution in [3.8, 4) is 5.75 Å². The van der Waals surface area contributed by atoms with Gasteiger partial charge in [-0.05, 0) is 127 Å². The summed E-state index contributed by atoms with van der Waals surface area (Å²) in [6.45, 7) is 16.0. The Morgan fingerprint density at radius 2 is 1.73 bits per heavy atom. The van der Waals surface area contributed by atoms with Crippen LogP contribution in [0.1, 0.15) is 86.3 Å². The van der Waals surface area contributed by atoms with E-state index < -0.39 is 19.9 Å².